The zero-order chi connectivity index (χ0) is 7.45. The van der Waals surface area contributed by atoms with Crippen molar-refractivity contribution >= 4 is 11.8 Å². The normalized spacial score (nSPS) is 31.4. The average molecular weight is 157 g/mol. The summed E-state index contributed by atoms with van der Waals surface area (Å²) in [7, 11) is 0. The van der Waals surface area contributed by atoms with Crippen LogP contribution in [0.25, 0.3) is 0 Å². The van der Waals surface area contributed by atoms with Gasteiger partial charge in [-0.1, -0.05) is 19.4 Å². The summed E-state index contributed by atoms with van der Waals surface area (Å²) in [5.41, 5.74) is 5.69. The van der Waals surface area contributed by atoms with Crippen LogP contribution in [0, 0.1) is 0 Å². The van der Waals surface area contributed by atoms with Gasteiger partial charge in [0.25, 0.3) is 0 Å². The Balaban J connectivity index is 2.44. The van der Waals surface area contributed by atoms with Gasteiger partial charge in [0.15, 0.2) is 0 Å². The van der Waals surface area contributed by atoms with E-state index in [4.69, 9.17) is 5.73 Å². The molecule has 0 saturated carbocycles. The molecule has 0 radical (unpaired) electrons. The first-order valence-electron chi connectivity index (χ1n) is 3.86. The molecule has 0 aromatic carbocycles. The lowest BCUT2D eigenvalue weighted by Gasteiger charge is -2.25. The van der Waals surface area contributed by atoms with E-state index in [1.165, 1.54) is 19.3 Å². The van der Waals surface area contributed by atoms with Crippen LogP contribution in [-0.2, 0) is 0 Å². The van der Waals surface area contributed by atoms with E-state index in [9.17, 15) is 0 Å². The van der Waals surface area contributed by atoms with Crippen LogP contribution in [0.4, 0.5) is 0 Å². The second-order valence-corrected chi connectivity index (χ2v) is 4.20. The molecule has 0 fully saturated rings. The topological polar surface area (TPSA) is 26.0 Å². The Morgan fingerprint density at radius 3 is 2.90 bits per heavy atom. The minimum atomic E-state index is 0.370. The minimum absolute atomic E-state index is 0.370. The molecule has 58 valence electrons. The van der Waals surface area contributed by atoms with Crippen LogP contribution in [0.3, 0.4) is 0 Å². The van der Waals surface area contributed by atoms with Crippen LogP contribution in [0.5, 0.6) is 0 Å². The van der Waals surface area contributed by atoms with Crippen molar-refractivity contribution in [1.82, 2.24) is 0 Å². The molecule has 1 heterocycles. The molecule has 1 aliphatic rings. The fourth-order valence-electron chi connectivity index (χ4n) is 1.35. The third kappa shape index (κ3) is 1.55. The van der Waals surface area contributed by atoms with Crippen molar-refractivity contribution in [1.29, 1.82) is 0 Å². The van der Waals surface area contributed by atoms with Crippen LogP contribution in [-0.4, -0.2) is 11.3 Å². The summed E-state index contributed by atoms with van der Waals surface area (Å²) in [6.45, 7) is 3.04. The maximum absolute atomic E-state index is 5.69. The van der Waals surface area contributed by atoms with Gasteiger partial charge in [-0.15, -0.1) is 11.8 Å². The van der Waals surface area contributed by atoms with Gasteiger partial charge >= 0.3 is 0 Å². The van der Waals surface area contributed by atoms with Gasteiger partial charge in [0.05, 0.1) is 0 Å². The van der Waals surface area contributed by atoms with Crippen LogP contribution in [0.1, 0.15) is 26.2 Å². The number of rotatable bonds is 3. The summed E-state index contributed by atoms with van der Waals surface area (Å²) in [6.07, 6.45) is 5.89. The molecule has 1 atom stereocenters. The van der Waals surface area contributed by atoms with Gasteiger partial charge in [-0.25, -0.2) is 0 Å². The Labute approximate surface area is 67.1 Å². The molecule has 10 heavy (non-hydrogen) atoms. The van der Waals surface area contributed by atoms with E-state index in [1.54, 1.807) is 0 Å². The number of thioether (sulfide) groups is 1. The zero-order valence-corrected chi connectivity index (χ0v) is 7.29. The van der Waals surface area contributed by atoms with E-state index in [1.807, 2.05) is 11.8 Å². The van der Waals surface area contributed by atoms with Crippen molar-refractivity contribution in [3.63, 3.8) is 0 Å². The van der Waals surface area contributed by atoms with Crippen LogP contribution in [0.2, 0.25) is 0 Å². The van der Waals surface area contributed by atoms with Crippen molar-refractivity contribution < 1.29 is 0 Å². The Hall–Kier alpha value is 0.0500. The standard InChI is InChI=1S/C8H15NS/c1-2-4-8(7-9)5-3-6-10-8/h3,6H,2,4-5,7,9H2,1H3. The van der Waals surface area contributed by atoms with E-state index < -0.39 is 0 Å². The molecule has 0 amide bonds. The first-order valence-corrected chi connectivity index (χ1v) is 4.74. The van der Waals surface area contributed by atoms with Crippen LogP contribution in [0.15, 0.2) is 11.5 Å². The fourth-order valence-corrected chi connectivity index (χ4v) is 2.45. The Morgan fingerprint density at radius 1 is 1.70 bits per heavy atom. The molecule has 0 aromatic heterocycles. The quantitative estimate of drug-likeness (QED) is 0.679. The van der Waals surface area contributed by atoms with Gasteiger partial charge in [-0.05, 0) is 18.2 Å². The van der Waals surface area contributed by atoms with Gasteiger partial charge < -0.3 is 5.73 Å². The van der Waals surface area contributed by atoms with E-state index in [0.717, 1.165) is 6.54 Å². The average Bonchev–Trinajstić information content (AvgIpc) is 2.39. The monoisotopic (exact) mass is 157 g/mol. The summed E-state index contributed by atoms with van der Waals surface area (Å²) in [5, 5.41) is 2.18. The Kier molecular flexibility index (Phi) is 2.81. The van der Waals surface area contributed by atoms with Crippen molar-refractivity contribution in [2.75, 3.05) is 6.54 Å². The van der Waals surface area contributed by atoms with Crippen molar-refractivity contribution in [3.8, 4) is 0 Å². The summed E-state index contributed by atoms with van der Waals surface area (Å²) < 4.78 is 0.370. The van der Waals surface area contributed by atoms with Crippen molar-refractivity contribution in [2.45, 2.75) is 30.9 Å². The highest BCUT2D eigenvalue weighted by atomic mass is 32.2. The molecule has 0 aromatic rings. The molecule has 2 heteroatoms. The van der Waals surface area contributed by atoms with E-state index in [0.29, 0.717) is 4.75 Å². The predicted octanol–water partition coefficient (Wildman–Crippen LogP) is 2.13. The number of allylic oxidation sites excluding steroid dienone is 1. The molecule has 1 rings (SSSR count). The smallest absolute Gasteiger partial charge is 0.0357 e. The van der Waals surface area contributed by atoms with Gasteiger partial charge in [-0.2, -0.15) is 0 Å². The van der Waals surface area contributed by atoms with E-state index in [2.05, 4.69) is 18.4 Å². The highest BCUT2D eigenvalue weighted by molar-refractivity contribution is 8.03. The summed E-state index contributed by atoms with van der Waals surface area (Å²) >= 11 is 1.91. The molecule has 0 saturated heterocycles. The molecule has 0 aliphatic carbocycles. The number of hydrogen-bond acceptors (Lipinski definition) is 2. The second-order valence-electron chi connectivity index (χ2n) is 2.83. The lowest BCUT2D eigenvalue weighted by molar-refractivity contribution is 0.554. The number of hydrogen-bond donors (Lipinski definition) is 1. The maximum atomic E-state index is 5.69. The SMILES string of the molecule is CCCC1(CN)CC=CS1. The van der Waals surface area contributed by atoms with Crippen molar-refractivity contribution in [3.05, 3.63) is 11.5 Å². The molecule has 1 unspecified atom stereocenters. The van der Waals surface area contributed by atoms with Crippen molar-refractivity contribution in [2.24, 2.45) is 5.73 Å². The molecule has 0 bridgehead atoms. The number of nitrogens with two attached hydrogens (primary N) is 1. The molecule has 1 nitrogen and oxygen atoms in total. The largest absolute Gasteiger partial charge is 0.329 e. The maximum Gasteiger partial charge on any atom is 0.0357 e. The molecular formula is C8H15NS. The minimum Gasteiger partial charge on any atom is -0.329 e. The van der Waals surface area contributed by atoms with Gasteiger partial charge in [0.1, 0.15) is 0 Å². The highest BCUT2D eigenvalue weighted by Crippen LogP contribution is 2.39. The predicted molar refractivity (Wildman–Crippen MR) is 48.0 cm³/mol. The third-order valence-electron chi connectivity index (χ3n) is 1.98. The van der Waals surface area contributed by atoms with Crippen LogP contribution < -0.4 is 5.73 Å². The molecular weight excluding hydrogens is 142 g/mol. The van der Waals surface area contributed by atoms with E-state index in [-0.39, 0.29) is 0 Å². The second kappa shape index (κ2) is 3.44. The molecule has 0 spiro atoms. The van der Waals surface area contributed by atoms with E-state index >= 15 is 0 Å². The van der Waals surface area contributed by atoms with Crippen LogP contribution >= 0.6 is 11.8 Å². The van der Waals surface area contributed by atoms with Gasteiger partial charge in [0, 0.05) is 11.3 Å². The zero-order valence-electron chi connectivity index (χ0n) is 6.47. The first-order chi connectivity index (χ1) is 4.83. The lowest BCUT2D eigenvalue weighted by Crippen LogP contribution is -2.31. The fraction of sp³-hybridized carbons (Fsp3) is 0.750. The Bertz CT molecular complexity index is 123. The third-order valence-corrected chi connectivity index (χ3v) is 3.35. The van der Waals surface area contributed by atoms with Gasteiger partial charge in [-0.3, -0.25) is 0 Å². The Morgan fingerprint density at radius 2 is 2.50 bits per heavy atom. The summed E-state index contributed by atoms with van der Waals surface area (Å²) in [4.78, 5) is 0. The first kappa shape index (κ1) is 8.15. The molecule has 2 N–H and O–H groups in total. The summed E-state index contributed by atoms with van der Waals surface area (Å²) in [6, 6.07) is 0. The highest BCUT2D eigenvalue weighted by Gasteiger charge is 2.28. The lowest BCUT2D eigenvalue weighted by atomic mass is 9.99. The molecule has 1 aliphatic heterocycles. The van der Waals surface area contributed by atoms with Gasteiger partial charge in [0.2, 0.25) is 0 Å². The summed E-state index contributed by atoms with van der Waals surface area (Å²) in [5.74, 6) is 0.